The van der Waals surface area contributed by atoms with Gasteiger partial charge in [0.2, 0.25) is 5.91 Å². The van der Waals surface area contributed by atoms with Crippen molar-refractivity contribution in [2.75, 3.05) is 39.9 Å². The Labute approximate surface area is 152 Å². The van der Waals surface area contributed by atoms with Crippen LogP contribution < -0.4 is 0 Å². The molecule has 1 atom stereocenters. The van der Waals surface area contributed by atoms with Gasteiger partial charge in [-0.25, -0.2) is 4.39 Å². The third-order valence-electron chi connectivity index (χ3n) is 5.45. The van der Waals surface area contributed by atoms with Gasteiger partial charge in [-0.1, -0.05) is 6.07 Å². The molecule has 1 aromatic carbocycles. The second-order valence-electron chi connectivity index (χ2n) is 7.13. The van der Waals surface area contributed by atoms with Gasteiger partial charge in [0, 0.05) is 39.9 Å². The zero-order valence-electron chi connectivity index (χ0n) is 15.0. The Morgan fingerprint density at radius 2 is 2.15 bits per heavy atom. The number of hydrogen-bond acceptors (Lipinski definition) is 4. The van der Waals surface area contributed by atoms with Crippen LogP contribution in [0.15, 0.2) is 18.2 Å². The lowest BCUT2D eigenvalue weighted by Gasteiger charge is -2.39. The van der Waals surface area contributed by atoms with E-state index in [-0.39, 0.29) is 23.8 Å². The second-order valence-corrected chi connectivity index (χ2v) is 7.13. The molecule has 2 aliphatic heterocycles. The number of piperidine rings is 1. The van der Waals surface area contributed by atoms with Crippen molar-refractivity contribution in [1.29, 1.82) is 0 Å². The predicted molar refractivity (Wildman–Crippen MR) is 93.3 cm³/mol. The van der Waals surface area contributed by atoms with E-state index < -0.39 is 17.1 Å². The van der Waals surface area contributed by atoms with Crippen LogP contribution in [0.2, 0.25) is 0 Å². The number of carbonyl (C=O) groups is 2. The summed E-state index contributed by atoms with van der Waals surface area (Å²) in [6, 6.07) is 3.81. The number of phenols is 1. The van der Waals surface area contributed by atoms with Gasteiger partial charge in [-0.15, -0.1) is 0 Å². The van der Waals surface area contributed by atoms with Gasteiger partial charge in [-0.2, -0.15) is 0 Å². The smallest absolute Gasteiger partial charge is 0.260 e. The Kier molecular flexibility index (Phi) is 5.46. The minimum atomic E-state index is -0.743. The van der Waals surface area contributed by atoms with E-state index in [1.807, 2.05) is 4.90 Å². The zero-order valence-corrected chi connectivity index (χ0v) is 15.0. The number of nitrogens with zero attached hydrogens (tertiary/aromatic N) is 2. The average molecular weight is 364 g/mol. The Bertz CT molecular complexity index is 676. The standard InChI is InChI=1S/C19H25FN2O4/c1-26-12-4-10-21-9-3-7-19(18(21)25)8-11-22(13-19)17(24)16-14(20)5-2-6-15(16)23/h2,5-6,23H,3-4,7-13H2,1H3/t19-/m1/s1. The van der Waals surface area contributed by atoms with E-state index in [0.29, 0.717) is 26.1 Å². The van der Waals surface area contributed by atoms with Crippen molar-refractivity contribution in [3.05, 3.63) is 29.6 Å². The molecule has 6 nitrogen and oxygen atoms in total. The Morgan fingerprint density at radius 3 is 2.88 bits per heavy atom. The van der Waals surface area contributed by atoms with E-state index in [4.69, 9.17) is 4.74 Å². The van der Waals surface area contributed by atoms with E-state index in [0.717, 1.165) is 31.9 Å². The lowest BCUT2D eigenvalue weighted by Crippen LogP contribution is -2.50. The first-order valence-electron chi connectivity index (χ1n) is 9.03. The third kappa shape index (κ3) is 3.40. The highest BCUT2D eigenvalue weighted by Gasteiger charge is 2.49. The summed E-state index contributed by atoms with van der Waals surface area (Å²) in [5.41, 5.74) is -0.897. The summed E-state index contributed by atoms with van der Waals surface area (Å²) in [5, 5.41) is 9.86. The van der Waals surface area contributed by atoms with Gasteiger partial charge in [-0.3, -0.25) is 9.59 Å². The molecule has 0 radical (unpaired) electrons. The van der Waals surface area contributed by atoms with Crippen molar-refractivity contribution in [2.45, 2.75) is 25.7 Å². The topological polar surface area (TPSA) is 70.1 Å². The van der Waals surface area contributed by atoms with Crippen LogP contribution in [0.3, 0.4) is 0 Å². The second kappa shape index (κ2) is 7.61. The molecule has 0 aliphatic carbocycles. The van der Waals surface area contributed by atoms with E-state index in [2.05, 4.69) is 0 Å². The Hall–Kier alpha value is -2.15. The van der Waals surface area contributed by atoms with Crippen LogP contribution in [0.5, 0.6) is 5.75 Å². The van der Waals surface area contributed by atoms with Gasteiger partial charge < -0.3 is 19.6 Å². The SMILES string of the molecule is COCCCN1CCC[C@]2(CCN(C(=O)c3c(O)cccc3F)C2)C1=O. The molecular weight excluding hydrogens is 339 g/mol. The van der Waals surface area contributed by atoms with Crippen LogP contribution >= 0.6 is 0 Å². The normalized spacial score (nSPS) is 23.1. The van der Waals surface area contributed by atoms with Crippen molar-refractivity contribution in [3.63, 3.8) is 0 Å². The number of likely N-dealkylation sites (tertiary alicyclic amines) is 2. The number of aromatic hydroxyl groups is 1. The summed E-state index contributed by atoms with van der Waals surface area (Å²) >= 11 is 0. The van der Waals surface area contributed by atoms with Crippen LogP contribution in [0.4, 0.5) is 4.39 Å². The maximum atomic E-state index is 14.0. The van der Waals surface area contributed by atoms with Crippen LogP contribution in [0.25, 0.3) is 0 Å². The van der Waals surface area contributed by atoms with E-state index in [1.165, 1.54) is 17.0 Å². The molecule has 0 aromatic heterocycles. The highest BCUT2D eigenvalue weighted by atomic mass is 19.1. The zero-order chi connectivity index (χ0) is 18.7. The van der Waals surface area contributed by atoms with Gasteiger partial charge in [-0.05, 0) is 37.8 Å². The molecule has 1 spiro atoms. The fourth-order valence-electron chi connectivity index (χ4n) is 4.07. The van der Waals surface area contributed by atoms with Crippen molar-refractivity contribution >= 4 is 11.8 Å². The third-order valence-corrected chi connectivity index (χ3v) is 5.45. The Morgan fingerprint density at radius 1 is 1.35 bits per heavy atom. The summed E-state index contributed by atoms with van der Waals surface area (Å²) in [4.78, 5) is 29.1. The lowest BCUT2D eigenvalue weighted by molar-refractivity contribution is -0.145. The average Bonchev–Trinajstić information content (AvgIpc) is 3.04. The highest BCUT2D eigenvalue weighted by molar-refractivity contribution is 5.98. The van der Waals surface area contributed by atoms with Crippen molar-refractivity contribution in [3.8, 4) is 5.75 Å². The number of amides is 2. The van der Waals surface area contributed by atoms with Gasteiger partial charge in [0.15, 0.2) is 0 Å². The predicted octanol–water partition coefficient (Wildman–Crippen LogP) is 2.02. The van der Waals surface area contributed by atoms with Crippen LogP contribution in [0.1, 0.15) is 36.0 Å². The van der Waals surface area contributed by atoms with Gasteiger partial charge in [0.25, 0.3) is 5.91 Å². The molecule has 2 aliphatic rings. The van der Waals surface area contributed by atoms with E-state index in [1.54, 1.807) is 7.11 Å². The minimum absolute atomic E-state index is 0.0768. The van der Waals surface area contributed by atoms with Crippen molar-refractivity contribution < 1.29 is 23.8 Å². The first kappa shape index (κ1) is 18.6. The molecule has 0 saturated carbocycles. The highest BCUT2D eigenvalue weighted by Crippen LogP contribution is 2.41. The molecule has 0 bridgehead atoms. The summed E-state index contributed by atoms with van der Waals surface area (Å²) in [6.45, 7) is 2.65. The first-order chi connectivity index (χ1) is 12.5. The van der Waals surface area contributed by atoms with Crippen LogP contribution in [0, 0.1) is 11.2 Å². The minimum Gasteiger partial charge on any atom is -0.507 e. The number of ether oxygens (including phenoxy) is 1. The Balaban J connectivity index is 1.72. The molecule has 2 amide bonds. The van der Waals surface area contributed by atoms with Crippen LogP contribution in [-0.2, 0) is 9.53 Å². The first-order valence-corrected chi connectivity index (χ1v) is 9.03. The maximum absolute atomic E-state index is 14.0. The molecule has 1 N–H and O–H groups in total. The number of halogens is 1. The number of carbonyl (C=O) groups excluding carboxylic acids is 2. The quantitative estimate of drug-likeness (QED) is 0.812. The fraction of sp³-hybridized carbons (Fsp3) is 0.579. The van der Waals surface area contributed by atoms with E-state index in [9.17, 15) is 19.1 Å². The lowest BCUT2D eigenvalue weighted by atomic mass is 9.78. The summed E-state index contributed by atoms with van der Waals surface area (Å²) in [5.74, 6) is -1.59. The van der Waals surface area contributed by atoms with Gasteiger partial charge >= 0.3 is 0 Å². The van der Waals surface area contributed by atoms with E-state index >= 15 is 0 Å². The summed E-state index contributed by atoms with van der Waals surface area (Å²) in [7, 11) is 1.64. The molecule has 2 heterocycles. The molecule has 0 unspecified atom stereocenters. The number of hydrogen-bond donors (Lipinski definition) is 1. The molecule has 142 valence electrons. The van der Waals surface area contributed by atoms with Crippen molar-refractivity contribution in [2.24, 2.45) is 5.41 Å². The maximum Gasteiger partial charge on any atom is 0.260 e. The van der Waals surface area contributed by atoms with Crippen molar-refractivity contribution in [1.82, 2.24) is 9.80 Å². The molecule has 1 aromatic rings. The number of phenolic OH excluding ortho intramolecular Hbond substituents is 1. The fourth-order valence-corrected chi connectivity index (χ4v) is 4.07. The summed E-state index contributed by atoms with van der Waals surface area (Å²) < 4.78 is 19.1. The van der Waals surface area contributed by atoms with Gasteiger partial charge in [0.1, 0.15) is 17.1 Å². The monoisotopic (exact) mass is 364 g/mol. The summed E-state index contributed by atoms with van der Waals surface area (Å²) in [6.07, 6.45) is 2.99. The van der Waals surface area contributed by atoms with Crippen LogP contribution in [-0.4, -0.2) is 66.6 Å². The molecule has 26 heavy (non-hydrogen) atoms. The molecular formula is C19H25FN2O4. The van der Waals surface area contributed by atoms with Gasteiger partial charge in [0.05, 0.1) is 5.41 Å². The largest absolute Gasteiger partial charge is 0.507 e. The molecule has 2 saturated heterocycles. The number of methoxy groups -OCH3 is 1. The number of rotatable bonds is 5. The molecule has 2 fully saturated rings. The molecule has 3 rings (SSSR count). The number of benzene rings is 1. The molecule has 7 heteroatoms.